The van der Waals surface area contributed by atoms with Gasteiger partial charge in [0.1, 0.15) is 0 Å². The average molecular weight is 541 g/mol. The van der Waals surface area contributed by atoms with Gasteiger partial charge in [0.15, 0.2) is 0 Å². The highest BCUT2D eigenvalue weighted by Gasteiger charge is 2.43. The summed E-state index contributed by atoms with van der Waals surface area (Å²) in [6.07, 6.45) is 9.90. The van der Waals surface area contributed by atoms with Crippen LogP contribution in [0.25, 0.3) is 0 Å². The monoisotopic (exact) mass is 540 g/mol. The highest BCUT2D eigenvalue weighted by Crippen LogP contribution is 2.43. The minimum atomic E-state index is -0.0279. The van der Waals surface area contributed by atoms with Crippen LogP contribution in [0, 0.1) is 5.41 Å². The molecule has 7 heteroatoms. The zero-order valence-corrected chi connectivity index (χ0v) is 22.9. The molecule has 4 heterocycles. The average Bonchev–Trinajstić information content (AvgIpc) is 3.54. The van der Waals surface area contributed by atoms with Crippen molar-refractivity contribution < 1.29 is 9.59 Å². The van der Waals surface area contributed by atoms with Gasteiger partial charge in [-0.2, -0.15) is 0 Å². The lowest BCUT2D eigenvalue weighted by Gasteiger charge is -2.40. The van der Waals surface area contributed by atoms with Gasteiger partial charge in [0.25, 0.3) is 11.8 Å². The first kappa shape index (κ1) is 24.6. The van der Waals surface area contributed by atoms with Crippen LogP contribution in [0.2, 0.25) is 5.02 Å². The summed E-state index contributed by atoms with van der Waals surface area (Å²) in [6, 6.07) is 16.0. The number of halogens is 1. The number of nitrogens with zero attached hydrogens (tertiary/aromatic N) is 4. The van der Waals surface area contributed by atoms with E-state index in [0.29, 0.717) is 17.1 Å². The molecule has 3 aromatic rings. The van der Waals surface area contributed by atoms with Crippen LogP contribution in [-0.4, -0.2) is 52.8 Å². The van der Waals surface area contributed by atoms with Gasteiger partial charge in [-0.3, -0.25) is 14.6 Å². The number of aromatic nitrogens is 1. The fraction of sp³-hybridized carbons (Fsp3) is 0.406. The number of hydrogen-bond donors (Lipinski definition) is 0. The highest BCUT2D eigenvalue weighted by atomic mass is 35.5. The molecule has 1 aromatic heterocycles. The third-order valence-electron chi connectivity index (χ3n) is 9.54. The number of carbonyl (C=O) groups excluding carboxylic acids is 2. The Labute approximate surface area is 234 Å². The van der Waals surface area contributed by atoms with Crippen molar-refractivity contribution in [2.45, 2.75) is 51.1 Å². The number of hydrogen-bond acceptors (Lipinski definition) is 4. The second-order valence-corrected chi connectivity index (χ2v) is 12.1. The van der Waals surface area contributed by atoms with Gasteiger partial charge in [-0.25, -0.2) is 0 Å². The van der Waals surface area contributed by atoms with Crippen molar-refractivity contribution in [2.24, 2.45) is 5.41 Å². The van der Waals surface area contributed by atoms with Crippen LogP contribution < -0.4 is 4.90 Å². The molecule has 1 atom stereocenters. The third-order valence-corrected chi connectivity index (χ3v) is 9.86. The number of fused-ring (bicyclic) bond motifs is 2. The SMILES string of the molecule is O=C(c1ccc2c(c1)[C@@H](N1Cc3cccc(Cl)c3C1=O)CCC2)N1CCC2(CCN(c3ccncc3)CC2)C1. The van der Waals surface area contributed by atoms with E-state index < -0.39 is 0 Å². The first-order valence-electron chi connectivity index (χ1n) is 14.2. The number of rotatable bonds is 3. The van der Waals surface area contributed by atoms with E-state index in [9.17, 15) is 9.59 Å². The maximum atomic E-state index is 13.8. The zero-order chi connectivity index (χ0) is 26.6. The second kappa shape index (κ2) is 9.67. The lowest BCUT2D eigenvalue weighted by molar-refractivity contribution is 0.0682. The van der Waals surface area contributed by atoms with Gasteiger partial charge in [0.05, 0.1) is 16.6 Å². The van der Waals surface area contributed by atoms with Crippen LogP contribution in [0.5, 0.6) is 0 Å². The summed E-state index contributed by atoms with van der Waals surface area (Å²) in [5, 5.41) is 0.523. The predicted molar refractivity (Wildman–Crippen MR) is 152 cm³/mol. The Kier molecular flexibility index (Phi) is 6.11. The fourth-order valence-electron chi connectivity index (χ4n) is 7.31. The Morgan fingerprint density at radius 1 is 0.974 bits per heavy atom. The molecule has 0 bridgehead atoms. The molecule has 0 N–H and O–H groups in total. The molecule has 3 aliphatic heterocycles. The van der Waals surface area contributed by atoms with E-state index >= 15 is 0 Å². The van der Waals surface area contributed by atoms with Crippen LogP contribution in [-0.2, 0) is 13.0 Å². The molecule has 0 radical (unpaired) electrons. The Hall–Kier alpha value is -3.38. The minimum absolute atomic E-state index is 0.00442. The van der Waals surface area contributed by atoms with Gasteiger partial charge < -0.3 is 14.7 Å². The summed E-state index contributed by atoms with van der Waals surface area (Å²) in [5.74, 6) is 0.124. The smallest absolute Gasteiger partial charge is 0.256 e. The van der Waals surface area contributed by atoms with Crippen LogP contribution in [0.1, 0.15) is 75.6 Å². The number of anilines is 1. The summed E-state index contributed by atoms with van der Waals surface area (Å²) in [4.78, 5) is 37.8. The van der Waals surface area contributed by atoms with Crippen molar-refractivity contribution in [1.29, 1.82) is 0 Å². The Balaban J connectivity index is 1.07. The molecule has 4 aliphatic rings. The number of pyridine rings is 1. The summed E-state index contributed by atoms with van der Waals surface area (Å²) < 4.78 is 0. The van der Waals surface area contributed by atoms with E-state index in [2.05, 4.69) is 39.0 Å². The second-order valence-electron chi connectivity index (χ2n) is 11.7. The number of benzene rings is 2. The third kappa shape index (κ3) is 4.29. The molecular formula is C32H33ClN4O2. The van der Waals surface area contributed by atoms with Crippen molar-refractivity contribution in [2.75, 3.05) is 31.1 Å². The minimum Gasteiger partial charge on any atom is -0.371 e. The largest absolute Gasteiger partial charge is 0.371 e. The molecule has 39 heavy (non-hydrogen) atoms. The van der Waals surface area contributed by atoms with Gasteiger partial charge in [0.2, 0.25) is 0 Å². The number of amides is 2. The van der Waals surface area contributed by atoms with Crippen LogP contribution in [0.4, 0.5) is 5.69 Å². The lowest BCUT2D eigenvalue weighted by atomic mass is 9.77. The fourth-order valence-corrected chi connectivity index (χ4v) is 7.59. The van der Waals surface area contributed by atoms with Crippen molar-refractivity contribution in [3.8, 4) is 0 Å². The van der Waals surface area contributed by atoms with E-state index in [0.717, 1.165) is 81.4 Å². The van der Waals surface area contributed by atoms with Crippen molar-refractivity contribution >= 4 is 29.1 Å². The highest BCUT2D eigenvalue weighted by molar-refractivity contribution is 6.34. The number of carbonyl (C=O) groups is 2. The molecular weight excluding hydrogens is 508 g/mol. The van der Waals surface area contributed by atoms with Gasteiger partial charge in [-0.15, -0.1) is 0 Å². The molecule has 7 rings (SSSR count). The van der Waals surface area contributed by atoms with E-state index in [1.807, 2.05) is 35.5 Å². The molecule has 6 nitrogen and oxygen atoms in total. The van der Waals surface area contributed by atoms with E-state index in [-0.39, 0.29) is 23.3 Å². The van der Waals surface area contributed by atoms with Crippen molar-refractivity contribution in [1.82, 2.24) is 14.8 Å². The topological polar surface area (TPSA) is 56.8 Å². The van der Waals surface area contributed by atoms with E-state index in [1.165, 1.54) is 11.3 Å². The Bertz CT molecular complexity index is 1430. The summed E-state index contributed by atoms with van der Waals surface area (Å²) in [7, 11) is 0. The molecule has 2 fully saturated rings. The standard InChI is InChI=1S/C32H33ClN4O2/c33-27-5-1-4-24-20-37(31(39)29(24)27)28-6-2-3-22-7-8-23(19-26(22)28)30(38)36-18-13-32(21-36)11-16-35(17-12-32)25-9-14-34-15-10-25/h1,4-5,7-10,14-15,19,28H,2-3,6,11-13,16-18,20-21H2/t28-/m0/s1. The first-order valence-corrected chi connectivity index (χ1v) is 14.5. The molecule has 1 spiro atoms. The molecule has 2 amide bonds. The normalized spacial score (nSPS) is 21.8. The van der Waals surface area contributed by atoms with Gasteiger partial charge in [-0.1, -0.05) is 29.8 Å². The summed E-state index contributed by atoms with van der Waals surface area (Å²) in [5.41, 5.74) is 6.19. The quantitative estimate of drug-likeness (QED) is 0.415. The molecule has 1 aliphatic carbocycles. The molecule has 0 saturated carbocycles. The predicted octanol–water partition coefficient (Wildman–Crippen LogP) is 5.90. The van der Waals surface area contributed by atoms with Crippen LogP contribution in [0.15, 0.2) is 60.9 Å². The Morgan fingerprint density at radius 2 is 1.77 bits per heavy atom. The molecule has 0 unspecified atom stereocenters. The van der Waals surface area contributed by atoms with Crippen LogP contribution in [0.3, 0.4) is 0 Å². The van der Waals surface area contributed by atoms with Crippen molar-refractivity contribution in [3.05, 3.63) is 93.8 Å². The van der Waals surface area contributed by atoms with Gasteiger partial charge in [-0.05, 0) is 91.0 Å². The molecule has 2 aromatic carbocycles. The first-order chi connectivity index (χ1) is 19.0. The summed E-state index contributed by atoms with van der Waals surface area (Å²) >= 11 is 6.41. The van der Waals surface area contributed by atoms with Gasteiger partial charge >= 0.3 is 0 Å². The molecule has 200 valence electrons. The maximum absolute atomic E-state index is 13.8. The zero-order valence-electron chi connectivity index (χ0n) is 22.1. The molecule has 2 saturated heterocycles. The van der Waals surface area contributed by atoms with Crippen LogP contribution >= 0.6 is 11.6 Å². The number of piperidine rings is 1. The maximum Gasteiger partial charge on any atom is 0.256 e. The Morgan fingerprint density at radius 3 is 2.56 bits per heavy atom. The number of likely N-dealkylation sites (tertiary alicyclic amines) is 1. The summed E-state index contributed by atoms with van der Waals surface area (Å²) in [6.45, 7) is 4.25. The number of aryl methyl sites for hydroxylation is 1. The van der Waals surface area contributed by atoms with Crippen molar-refractivity contribution in [3.63, 3.8) is 0 Å². The lowest BCUT2D eigenvalue weighted by Crippen LogP contribution is -2.42. The van der Waals surface area contributed by atoms with E-state index in [1.54, 1.807) is 6.07 Å². The van der Waals surface area contributed by atoms with E-state index in [4.69, 9.17) is 11.6 Å². The van der Waals surface area contributed by atoms with Gasteiger partial charge in [0, 0.05) is 56.4 Å².